The smallest absolute Gasteiger partial charge is 0.222 e. The quantitative estimate of drug-likeness (QED) is 0.814. The Balaban J connectivity index is 2.12. The van der Waals surface area contributed by atoms with E-state index in [-0.39, 0.29) is 5.16 Å². The molecule has 2 aromatic rings. The summed E-state index contributed by atoms with van der Waals surface area (Å²) in [5, 5.41) is 3.37. The van der Waals surface area contributed by atoms with Gasteiger partial charge in [0.2, 0.25) is 5.16 Å². The molecular weight excluding hydrogens is 248 g/mol. The minimum Gasteiger partial charge on any atom is -0.383 e. The van der Waals surface area contributed by atoms with Gasteiger partial charge in [-0.15, -0.1) is 0 Å². The van der Waals surface area contributed by atoms with Crippen molar-refractivity contribution in [1.82, 2.24) is 9.97 Å². The molecule has 0 amide bonds. The molecule has 0 spiro atoms. The van der Waals surface area contributed by atoms with Crippen LogP contribution in [0.1, 0.15) is 5.56 Å². The van der Waals surface area contributed by atoms with Crippen molar-refractivity contribution in [2.45, 2.75) is 11.7 Å². The number of hydrogen-bond acceptors (Lipinski definition) is 5. The van der Waals surface area contributed by atoms with Gasteiger partial charge in [0.15, 0.2) is 0 Å². The van der Waals surface area contributed by atoms with Crippen molar-refractivity contribution >= 4 is 22.4 Å². The Labute approximate surface area is 108 Å². The molecule has 0 aliphatic heterocycles. The van der Waals surface area contributed by atoms with E-state index < -0.39 is 10.8 Å². The highest BCUT2D eigenvalue weighted by molar-refractivity contribution is 7.84. The lowest BCUT2D eigenvalue weighted by molar-refractivity contribution is 0.680. The number of nitrogens with one attached hydrogen (secondary N) is 1. The Morgan fingerprint density at radius 2 is 2.00 bits per heavy atom. The molecule has 0 radical (unpaired) electrons. The number of benzene rings is 1. The van der Waals surface area contributed by atoms with Crippen LogP contribution in [0.25, 0.3) is 0 Å². The van der Waals surface area contributed by atoms with Gasteiger partial charge < -0.3 is 11.1 Å². The first kappa shape index (κ1) is 12.5. The zero-order valence-corrected chi connectivity index (χ0v) is 10.8. The van der Waals surface area contributed by atoms with Crippen molar-refractivity contribution in [3.05, 3.63) is 42.0 Å². The first-order chi connectivity index (χ1) is 8.65. The summed E-state index contributed by atoms with van der Waals surface area (Å²) < 4.78 is 11.3. The normalized spacial score (nSPS) is 12.1. The van der Waals surface area contributed by atoms with Gasteiger partial charge in [-0.2, -0.15) is 0 Å². The average Bonchev–Trinajstić information content (AvgIpc) is 2.37. The zero-order valence-electron chi connectivity index (χ0n) is 9.96. The van der Waals surface area contributed by atoms with E-state index in [0.29, 0.717) is 18.2 Å². The Hall–Kier alpha value is -1.95. The third-order valence-electron chi connectivity index (χ3n) is 2.30. The highest BCUT2D eigenvalue weighted by Gasteiger charge is 2.05. The second-order valence-electron chi connectivity index (χ2n) is 3.75. The Kier molecular flexibility index (Phi) is 3.88. The maximum absolute atomic E-state index is 11.3. The lowest BCUT2D eigenvalue weighted by atomic mass is 10.2. The van der Waals surface area contributed by atoms with E-state index in [1.54, 1.807) is 6.07 Å². The van der Waals surface area contributed by atoms with Gasteiger partial charge in [-0.1, -0.05) is 30.3 Å². The Bertz CT molecular complexity index is 559. The monoisotopic (exact) mass is 262 g/mol. The summed E-state index contributed by atoms with van der Waals surface area (Å²) in [6.45, 7) is 0.632. The highest BCUT2D eigenvalue weighted by Crippen LogP contribution is 2.11. The largest absolute Gasteiger partial charge is 0.383 e. The molecule has 0 bridgehead atoms. The molecule has 0 aliphatic rings. The van der Waals surface area contributed by atoms with Crippen LogP contribution in [0, 0.1) is 0 Å². The summed E-state index contributed by atoms with van der Waals surface area (Å²) in [5.74, 6) is 0.891. The minimum atomic E-state index is -1.24. The highest BCUT2D eigenvalue weighted by atomic mass is 32.2. The fourth-order valence-electron chi connectivity index (χ4n) is 1.45. The SMILES string of the molecule is CS(=O)c1nc(N)cc(NCc2ccccc2)n1. The third kappa shape index (κ3) is 3.27. The van der Waals surface area contributed by atoms with Gasteiger partial charge in [-0.25, -0.2) is 9.97 Å². The van der Waals surface area contributed by atoms with Gasteiger partial charge in [-0.3, -0.25) is 4.21 Å². The summed E-state index contributed by atoms with van der Waals surface area (Å²) in [7, 11) is -1.24. The summed E-state index contributed by atoms with van der Waals surface area (Å²) in [6, 6.07) is 11.5. The third-order valence-corrected chi connectivity index (χ3v) is 3.00. The molecule has 94 valence electrons. The molecule has 1 aromatic carbocycles. The number of nitrogens with zero attached hydrogens (tertiary/aromatic N) is 2. The molecule has 0 saturated heterocycles. The molecule has 0 saturated carbocycles. The van der Waals surface area contributed by atoms with Crippen LogP contribution in [-0.4, -0.2) is 20.4 Å². The van der Waals surface area contributed by atoms with Crippen LogP contribution < -0.4 is 11.1 Å². The molecule has 1 heterocycles. The predicted octanol–water partition coefficient (Wildman–Crippen LogP) is 1.41. The first-order valence-corrected chi connectivity index (χ1v) is 6.97. The Morgan fingerprint density at radius 3 is 2.67 bits per heavy atom. The summed E-state index contributed by atoms with van der Waals surface area (Å²) >= 11 is 0. The molecule has 0 fully saturated rings. The summed E-state index contributed by atoms with van der Waals surface area (Å²) in [4.78, 5) is 8.06. The molecule has 1 aromatic heterocycles. The van der Waals surface area contributed by atoms with E-state index in [2.05, 4.69) is 15.3 Å². The van der Waals surface area contributed by atoms with Crippen LogP contribution >= 0.6 is 0 Å². The van der Waals surface area contributed by atoms with Crippen molar-refractivity contribution in [3.63, 3.8) is 0 Å². The number of nitrogen functional groups attached to an aromatic ring is 1. The van der Waals surface area contributed by atoms with Crippen LogP contribution in [-0.2, 0) is 17.3 Å². The maximum Gasteiger partial charge on any atom is 0.222 e. The van der Waals surface area contributed by atoms with Crippen LogP contribution in [0.15, 0.2) is 41.6 Å². The molecule has 5 nitrogen and oxygen atoms in total. The molecule has 2 rings (SSSR count). The minimum absolute atomic E-state index is 0.241. The van der Waals surface area contributed by atoms with Gasteiger partial charge in [0.1, 0.15) is 11.6 Å². The van der Waals surface area contributed by atoms with Crippen LogP contribution in [0.4, 0.5) is 11.6 Å². The molecule has 18 heavy (non-hydrogen) atoms. The van der Waals surface area contributed by atoms with E-state index >= 15 is 0 Å². The van der Waals surface area contributed by atoms with Gasteiger partial charge in [0.05, 0.1) is 10.8 Å². The van der Waals surface area contributed by atoms with Crippen LogP contribution in [0.3, 0.4) is 0 Å². The van der Waals surface area contributed by atoms with E-state index in [4.69, 9.17) is 5.73 Å². The fourth-order valence-corrected chi connectivity index (χ4v) is 1.91. The lowest BCUT2D eigenvalue weighted by Crippen LogP contribution is -2.07. The lowest BCUT2D eigenvalue weighted by Gasteiger charge is -2.07. The van der Waals surface area contributed by atoms with E-state index in [9.17, 15) is 4.21 Å². The summed E-state index contributed by atoms with van der Waals surface area (Å²) in [5.41, 5.74) is 6.77. The van der Waals surface area contributed by atoms with E-state index in [0.717, 1.165) is 5.56 Å². The van der Waals surface area contributed by atoms with Crippen molar-refractivity contribution in [1.29, 1.82) is 0 Å². The van der Waals surface area contributed by atoms with Crippen molar-refractivity contribution in [2.24, 2.45) is 0 Å². The number of aromatic nitrogens is 2. The van der Waals surface area contributed by atoms with Gasteiger partial charge in [0, 0.05) is 18.9 Å². The standard InChI is InChI=1S/C12H14N4OS/c1-18(17)12-15-10(13)7-11(16-12)14-8-9-5-3-2-4-6-9/h2-7H,8H2,1H3,(H3,13,14,15,16). The second-order valence-corrected chi connectivity index (χ2v) is 5.03. The number of nitrogens with two attached hydrogens (primary N) is 1. The van der Waals surface area contributed by atoms with Gasteiger partial charge in [0.25, 0.3) is 0 Å². The first-order valence-electron chi connectivity index (χ1n) is 5.41. The van der Waals surface area contributed by atoms with Crippen molar-refractivity contribution < 1.29 is 4.21 Å². The average molecular weight is 262 g/mol. The van der Waals surface area contributed by atoms with Gasteiger partial charge in [-0.05, 0) is 5.56 Å². The predicted molar refractivity (Wildman–Crippen MR) is 72.5 cm³/mol. The number of rotatable bonds is 4. The molecule has 0 aliphatic carbocycles. The topological polar surface area (TPSA) is 80.9 Å². The Morgan fingerprint density at radius 1 is 1.28 bits per heavy atom. The van der Waals surface area contributed by atoms with E-state index in [1.807, 2.05) is 30.3 Å². The fraction of sp³-hybridized carbons (Fsp3) is 0.167. The number of anilines is 2. The molecule has 6 heteroatoms. The van der Waals surface area contributed by atoms with Crippen molar-refractivity contribution in [2.75, 3.05) is 17.3 Å². The number of hydrogen-bond donors (Lipinski definition) is 2. The summed E-state index contributed by atoms with van der Waals surface area (Å²) in [6.07, 6.45) is 1.52. The molecule has 3 N–H and O–H groups in total. The van der Waals surface area contributed by atoms with Crippen LogP contribution in [0.2, 0.25) is 0 Å². The zero-order chi connectivity index (χ0) is 13.0. The molecular formula is C12H14N4OS. The van der Waals surface area contributed by atoms with Crippen molar-refractivity contribution in [3.8, 4) is 0 Å². The van der Waals surface area contributed by atoms with Gasteiger partial charge >= 0.3 is 0 Å². The molecule has 1 unspecified atom stereocenters. The maximum atomic E-state index is 11.3. The second kappa shape index (κ2) is 5.59. The molecule has 1 atom stereocenters. The van der Waals surface area contributed by atoms with Crippen LogP contribution in [0.5, 0.6) is 0 Å². The van der Waals surface area contributed by atoms with E-state index in [1.165, 1.54) is 6.26 Å².